The van der Waals surface area contributed by atoms with Crippen LogP contribution in [0, 0.1) is 0 Å². The predicted octanol–water partition coefficient (Wildman–Crippen LogP) is 3.81. The minimum Gasteiger partial charge on any atom is -0.497 e. The zero-order valence-electron chi connectivity index (χ0n) is 17.2. The van der Waals surface area contributed by atoms with Crippen molar-refractivity contribution in [3.63, 3.8) is 0 Å². The molecule has 0 saturated carbocycles. The first-order valence-corrected chi connectivity index (χ1v) is 10.5. The van der Waals surface area contributed by atoms with Crippen LogP contribution in [0.5, 0.6) is 5.75 Å². The van der Waals surface area contributed by atoms with E-state index in [0.717, 1.165) is 30.0 Å². The summed E-state index contributed by atoms with van der Waals surface area (Å²) in [5.41, 5.74) is 2.02. The van der Waals surface area contributed by atoms with Crippen LogP contribution in [-0.4, -0.2) is 55.9 Å². The van der Waals surface area contributed by atoms with E-state index < -0.39 is 0 Å². The molecule has 3 aromatic rings. The molecule has 1 fully saturated rings. The fourth-order valence-corrected chi connectivity index (χ4v) is 3.89. The lowest BCUT2D eigenvalue weighted by atomic mass is 10.0. The van der Waals surface area contributed by atoms with Crippen LogP contribution in [0.3, 0.4) is 0 Å². The quantitative estimate of drug-likeness (QED) is 0.600. The van der Waals surface area contributed by atoms with E-state index in [1.54, 1.807) is 13.2 Å². The number of benzene rings is 2. The summed E-state index contributed by atoms with van der Waals surface area (Å²) in [5, 5.41) is 7.60. The van der Waals surface area contributed by atoms with Gasteiger partial charge in [-0.25, -0.2) is 0 Å². The van der Waals surface area contributed by atoms with Gasteiger partial charge < -0.3 is 19.3 Å². The minimum absolute atomic E-state index is 0.0606. The minimum atomic E-state index is -0.297. The summed E-state index contributed by atoms with van der Waals surface area (Å²) < 4.78 is 16.0. The van der Waals surface area contributed by atoms with Crippen molar-refractivity contribution in [1.29, 1.82) is 0 Å². The maximum atomic E-state index is 12.8. The largest absolute Gasteiger partial charge is 0.497 e. The van der Waals surface area contributed by atoms with Crippen LogP contribution in [0.15, 0.2) is 59.1 Å². The summed E-state index contributed by atoms with van der Waals surface area (Å²) in [5.74, 6) is 0.965. The zero-order chi connectivity index (χ0) is 21.6. The molecule has 1 aliphatic heterocycles. The van der Waals surface area contributed by atoms with Crippen LogP contribution >= 0.6 is 11.6 Å². The molecule has 1 N–H and O–H groups in total. The van der Waals surface area contributed by atoms with E-state index in [1.807, 2.05) is 48.5 Å². The molecule has 162 valence electrons. The van der Waals surface area contributed by atoms with Crippen molar-refractivity contribution in [3.8, 4) is 17.1 Å². The summed E-state index contributed by atoms with van der Waals surface area (Å²) in [6.07, 6.45) is 0. The standard InChI is InChI=1S/C23H24ClN3O4/c1-29-17-8-6-16(7-9-17)22-14-20(26-31-22)23(28)25-15-21(27-10-12-30-13-11-27)18-4-2-3-5-19(18)24/h2-9,14,21H,10-13,15H2,1H3,(H,25,28)/t21-/m1/s1. The molecule has 1 aliphatic rings. The molecule has 0 unspecified atom stereocenters. The normalized spacial score (nSPS) is 15.4. The molecule has 2 heterocycles. The van der Waals surface area contributed by atoms with Crippen LogP contribution < -0.4 is 10.1 Å². The number of hydrogen-bond donors (Lipinski definition) is 1. The molecule has 0 radical (unpaired) electrons. The number of carbonyl (C=O) groups is 1. The molecule has 1 aromatic heterocycles. The van der Waals surface area contributed by atoms with Crippen molar-refractivity contribution in [1.82, 2.24) is 15.4 Å². The second-order valence-electron chi connectivity index (χ2n) is 7.20. The number of nitrogens with zero attached hydrogens (tertiary/aromatic N) is 2. The van der Waals surface area contributed by atoms with Gasteiger partial charge >= 0.3 is 0 Å². The number of methoxy groups -OCH3 is 1. The Morgan fingerprint density at radius 1 is 1.19 bits per heavy atom. The Hall–Kier alpha value is -2.87. The summed E-state index contributed by atoms with van der Waals surface area (Å²) in [6.45, 7) is 3.26. The molecule has 1 amide bonds. The highest BCUT2D eigenvalue weighted by Gasteiger charge is 2.25. The lowest BCUT2D eigenvalue weighted by Gasteiger charge is -2.35. The third-order valence-electron chi connectivity index (χ3n) is 5.32. The van der Waals surface area contributed by atoms with Crippen molar-refractivity contribution in [3.05, 3.63) is 70.9 Å². The van der Waals surface area contributed by atoms with Gasteiger partial charge in [-0.2, -0.15) is 0 Å². The molecule has 7 nitrogen and oxygen atoms in total. The molecule has 0 bridgehead atoms. The lowest BCUT2D eigenvalue weighted by Crippen LogP contribution is -2.44. The zero-order valence-corrected chi connectivity index (χ0v) is 18.0. The Morgan fingerprint density at radius 2 is 1.94 bits per heavy atom. The number of amides is 1. The summed E-state index contributed by atoms with van der Waals surface area (Å²) >= 11 is 6.46. The van der Waals surface area contributed by atoms with Crippen molar-refractivity contribution in [2.24, 2.45) is 0 Å². The van der Waals surface area contributed by atoms with Crippen LogP contribution in [0.4, 0.5) is 0 Å². The van der Waals surface area contributed by atoms with E-state index in [9.17, 15) is 4.79 Å². The smallest absolute Gasteiger partial charge is 0.273 e. The van der Waals surface area contributed by atoms with E-state index in [1.165, 1.54) is 0 Å². The van der Waals surface area contributed by atoms with Crippen molar-refractivity contribution in [2.75, 3.05) is 40.0 Å². The van der Waals surface area contributed by atoms with E-state index in [0.29, 0.717) is 30.5 Å². The Balaban J connectivity index is 1.46. The predicted molar refractivity (Wildman–Crippen MR) is 117 cm³/mol. The topological polar surface area (TPSA) is 76.8 Å². The van der Waals surface area contributed by atoms with Gasteiger partial charge in [-0.15, -0.1) is 0 Å². The van der Waals surface area contributed by atoms with Crippen LogP contribution in [0.1, 0.15) is 22.1 Å². The SMILES string of the molecule is COc1ccc(-c2cc(C(=O)NC[C@H](c3ccccc3Cl)N3CCOCC3)no2)cc1. The van der Waals surface area contributed by atoms with Gasteiger partial charge in [0.15, 0.2) is 11.5 Å². The monoisotopic (exact) mass is 441 g/mol. The number of hydrogen-bond acceptors (Lipinski definition) is 6. The van der Waals surface area contributed by atoms with Gasteiger partial charge in [-0.05, 0) is 35.9 Å². The number of nitrogens with one attached hydrogen (secondary N) is 1. The van der Waals surface area contributed by atoms with Gasteiger partial charge in [-0.1, -0.05) is 35.0 Å². The van der Waals surface area contributed by atoms with Gasteiger partial charge in [0.05, 0.1) is 26.4 Å². The Bertz CT molecular complexity index is 1020. The van der Waals surface area contributed by atoms with Crippen LogP contribution in [-0.2, 0) is 4.74 Å². The summed E-state index contributed by atoms with van der Waals surface area (Å²) in [7, 11) is 1.61. The maximum absolute atomic E-state index is 12.8. The Kier molecular flexibility index (Phi) is 6.86. The molecule has 8 heteroatoms. The third kappa shape index (κ3) is 5.07. The van der Waals surface area contributed by atoms with Crippen molar-refractivity contribution in [2.45, 2.75) is 6.04 Å². The third-order valence-corrected chi connectivity index (χ3v) is 5.67. The van der Waals surface area contributed by atoms with E-state index in [2.05, 4.69) is 15.4 Å². The number of rotatable bonds is 7. The van der Waals surface area contributed by atoms with E-state index in [4.69, 9.17) is 25.6 Å². The fourth-order valence-electron chi connectivity index (χ4n) is 3.62. The summed E-state index contributed by atoms with van der Waals surface area (Å²) in [6, 6.07) is 16.6. The molecule has 1 saturated heterocycles. The van der Waals surface area contributed by atoms with E-state index >= 15 is 0 Å². The summed E-state index contributed by atoms with van der Waals surface area (Å²) in [4.78, 5) is 15.0. The first kappa shape index (κ1) is 21.4. The van der Waals surface area contributed by atoms with Gasteiger partial charge in [0, 0.05) is 36.3 Å². The van der Waals surface area contributed by atoms with Crippen molar-refractivity contribution < 1.29 is 18.8 Å². The van der Waals surface area contributed by atoms with Gasteiger partial charge in [-0.3, -0.25) is 9.69 Å². The highest BCUT2D eigenvalue weighted by molar-refractivity contribution is 6.31. The molecular weight excluding hydrogens is 418 g/mol. The van der Waals surface area contributed by atoms with Crippen molar-refractivity contribution >= 4 is 17.5 Å². The number of carbonyl (C=O) groups excluding carboxylic acids is 1. The van der Waals surface area contributed by atoms with Gasteiger partial charge in [0.25, 0.3) is 5.91 Å². The maximum Gasteiger partial charge on any atom is 0.273 e. The Labute approximate surface area is 185 Å². The highest BCUT2D eigenvalue weighted by Crippen LogP contribution is 2.28. The second-order valence-corrected chi connectivity index (χ2v) is 7.61. The first-order valence-electron chi connectivity index (χ1n) is 10.1. The van der Waals surface area contributed by atoms with Crippen LogP contribution in [0.25, 0.3) is 11.3 Å². The molecule has 0 aliphatic carbocycles. The number of ether oxygens (including phenoxy) is 2. The number of aromatic nitrogens is 1. The molecular formula is C23H24ClN3O4. The van der Waals surface area contributed by atoms with Gasteiger partial charge in [0.2, 0.25) is 0 Å². The molecule has 4 rings (SSSR count). The molecule has 2 aromatic carbocycles. The molecule has 1 atom stereocenters. The first-order chi connectivity index (χ1) is 15.2. The number of halogens is 1. The highest BCUT2D eigenvalue weighted by atomic mass is 35.5. The lowest BCUT2D eigenvalue weighted by molar-refractivity contribution is 0.0162. The van der Waals surface area contributed by atoms with Gasteiger partial charge in [0.1, 0.15) is 5.75 Å². The average molecular weight is 442 g/mol. The van der Waals surface area contributed by atoms with E-state index in [-0.39, 0.29) is 17.6 Å². The second kappa shape index (κ2) is 9.96. The molecule has 0 spiro atoms. The van der Waals surface area contributed by atoms with Crippen LogP contribution in [0.2, 0.25) is 5.02 Å². The fraction of sp³-hybridized carbons (Fsp3) is 0.304. The number of morpholine rings is 1. The molecule has 31 heavy (non-hydrogen) atoms. The average Bonchev–Trinajstić information content (AvgIpc) is 3.31. The Morgan fingerprint density at radius 3 is 2.65 bits per heavy atom.